The molecular formula is C12H12N4O. The highest BCUT2D eigenvalue weighted by Gasteiger charge is 2.03. The first-order valence-electron chi connectivity index (χ1n) is 5.10. The first-order chi connectivity index (χ1) is 8.16. The van der Waals surface area contributed by atoms with Gasteiger partial charge in [-0.2, -0.15) is 0 Å². The van der Waals surface area contributed by atoms with Crippen LogP contribution in [0.15, 0.2) is 42.9 Å². The monoisotopic (exact) mass is 228 g/mol. The van der Waals surface area contributed by atoms with Crippen molar-refractivity contribution in [1.29, 1.82) is 0 Å². The van der Waals surface area contributed by atoms with Gasteiger partial charge >= 0.3 is 0 Å². The fraction of sp³-hybridized carbons (Fsp3) is 0.0833. The highest BCUT2D eigenvalue weighted by atomic mass is 16.1. The van der Waals surface area contributed by atoms with Crippen molar-refractivity contribution >= 4 is 16.8 Å². The van der Waals surface area contributed by atoms with Gasteiger partial charge in [0.15, 0.2) is 0 Å². The van der Waals surface area contributed by atoms with E-state index < -0.39 is 5.91 Å². The Hall–Kier alpha value is -2.27. The standard InChI is InChI=1S/C12H12N4O/c13-10(2-4-12(14)17)8-1-3-11-9(5-8)6-15-7-16-11/h1-7,10H,13H2,(H2,14,17)/b4-2+. The molecule has 1 amide bonds. The summed E-state index contributed by atoms with van der Waals surface area (Å²) in [4.78, 5) is 18.7. The molecule has 86 valence electrons. The van der Waals surface area contributed by atoms with Crippen molar-refractivity contribution in [2.24, 2.45) is 11.5 Å². The van der Waals surface area contributed by atoms with Crippen molar-refractivity contribution < 1.29 is 4.79 Å². The zero-order chi connectivity index (χ0) is 12.3. The van der Waals surface area contributed by atoms with Gasteiger partial charge in [0, 0.05) is 23.7 Å². The van der Waals surface area contributed by atoms with E-state index in [0.29, 0.717) is 0 Å². The summed E-state index contributed by atoms with van der Waals surface area (Å²) in [6.07, 6.45) is 6.04. The molecule has 5 nitrogen and oxygen atoms in total. The Kier molecular flexibility index (Phi) is 3.11. The third-order valence-corrected chi connectivity index (χ3v) is 2.38. The lowest BCUT2D eigenvalue weighted by Crippen LogP contribution is -2.10. The van der Waals surface area contributed by atoms with Gasteiger partial charge in [0.25, 0.3) is 0 Å². The zero-order valence-electron chi connectivity index (χ0n) is 9.08. The van der Waals surface area contributed by atoms with Crippen molar-refractivity contribution in [3.8, 4) is 0 Å². The number of fused-ring (bicyclic) bond motifs is 1. The molecule has 17 heavy (non-hydrogen) atoms. The maximum atomic E-state index is 10.6. The van der Waals surface area contributed by atoms with Gasteiger partial charge < -0.3 is 11.5 Å². The lowest BCUT2D eigenvalue weighted by Gasteiger charge is -2.07. The van der Waals surface area contributed by atoms with Gasteiger partial charge in [-0.3, -0.25) is 4.79 Å². The summed E-state index contributed by atoms with van der Waals surface area (Å²) in [6, 6.07) is 5.26. The molecule has 4 N–H and O–H groups in total. The lowest BCUT2D eigenvalue weighted by atomic mass is 10.1. The summed E-state index contributed by atoms with van der Waals surface area (Å²) in [6.45, 7) is 0. The molecular weight excluding hydrogens is 216 g/mol. The fourth-order valence-electron chi connectivity index (χ4n) is 1.52. The van der Waals surface area contributed by atoms with E-state index in [9.17, 15) is 4.79 Å². The van der Waals surface area contributed by atoms with Crippen LogP contribution in [0.1, 0.15) is 11.6 Å². The maximum absolute atomic E-state index is 10.6. The minimum absolute atomic E-state index is 0.368. The van der Waals surface area contributed by atoms with Crippen LogP contribution in [0.3, 0.4) is 0 Å². The van der Waals surface area contributed by atoms with Crippen LogP contribution in [-0.4, -0.2) is 15.9 Å². The fourth-order valence-corrected chi connectivity index (χ4v) is 1.52. The van der Waals surface area contributed by atoms with Crippen molar-refractivity contribution in [2.75, 3.05) is 0 Å². The molecule has 0 saturated carbocycles. The summed E-state index contributed by atoms with van der Waals surface area (Å²) < 4.78 is 0. The normalized spacial score (nSPS) is 13.0. The first-order valence-corrected chi connectivity index (χ1v) is 5.10. The van der Waals surface area contributed by atoms with Crippen LogP contribution in [0, 0.1) is 0 Å². The van der Waals surface area contributed by atoms with E-state index in [2.05, 4.69) is 9.97 Å². The SMILES string of the molecule is NC(=O)/C=C/C(N)c1ccc2ncncc2c1. The maximum Gasteiger partial charge on any atom is 0.241 e. The predicted molar refractivity (Wildman–Crippen MR) is 64.8 cm³/mol. The highest BCUT2D eigenvalue weighted by Crippen LogP contribution is 2.17. The van der Waals surface area contributed by atoms with Crippen LogP contribution in [0.4, 0.5) is 0 Å². The molecule has 0 radical (unpaired) electrons. The molecule has 5 heteroatoms. The summed E-state index contributed by atoms with van der Waals surface area (Å²) in [5, 5.41) is 0.910. The molecule has 0 aliphatic heterocycles. The number of nitrogens with two attached hydrogens (primary N) is 2. The average molecular weight is 228 g/mol. The number of aromatic nitrogens is 2. The molecule has 1 atom stereocenters. The van der Waals surface area contributed by atoms with Crippen LogP contribution < -0.4 is 11.5 Å². The second-order valence-electron chi connectivity index (χ2n) is 3.63. The van der Waals surface area contributed by atoms with Gasteiger partial charge in [0.2, 0.25) is 5.91 Å². The number of carbonyl (C=O) groups is 1. The van der Waals surface area contributed by atoms with Crippen LogP contribution in [0.2, 0.25) is 0 Å². The molecule has 1 unspecified atom stereocenters. The van der Waals surface area contributed by atoms with Gasteiger partial charge in [0.05, 0.1) is 5.52 Å². The average Bonchev–Trinajstić information content (AvgIpc) is 2.35. The number of primary amides is 1. The van der Waals surface area contributed by atoms with Crippen molar-refractivity contribution in [2.45, 2.75) is 6.04 Å². The summed E-state index contributed by atoms with van der Waals surface area (Å²) in [5.41, 5.74) is 12.6. The Morgan fingerprint density at radius 3 is 3.00 bits per heavy atom. The van der Waals surface area contributed by atoms with Gasteiger partial charge in [-0.15, -0.1) is 0 Å². The van der Waals surface area contributed by atoms with Gasteiger partial charge in [-0.1, -0.05) is 12.1 Å². The van der Waals surface area contributed by atoms with E-state index in [1.54, 1.807) is 12.3 Å². The second kappa shape index (κ2) is 4.71. The molecule has 0 bridgehead atoms. The van der Waals surface area contributed by atoms with E-state index in [0.717, 1.165) is 16.5 Å². The largest absolute Gasteiger partial charge is 0.366 e. The van der Waals surface area contributed by atoms with Gasteiger partial charge in [-0.05, 0) is 17.7 Å². The second-order valence-corrected chi connectivity index (χ2v) is 3.63. The van der Waals surface area contributed by atoms with Crippen molar-refractivity contribution in [3.05, 3.63) is 48.4 Å². The van der Waals surface area contributed by atoms with E-state index in [1.807, 2.05) is 18.2 Å². The van der Waals surface area contributed by atoms with E-state index in [-0.39, 0.29) is 6.04 Å². The van der Waals surface area contributed by atoms with Crippen LogP contribution >= 0.6 is 0 Å². The van der Waals surface area contributed by atoms with Crippen LogP contribution in [0.25, 0.3) is 10.9 Å². The number of hydrogen-bond donors (Lipinski definition) is 2. The van der Waals surface area contributed by atoms with Crippen molar-refractivity contribution in [1.82, 2.24) is 9.97 Å². The molecule has 2 rings (SSSR count). The molecule has 1 aromatic carbocycles. The van der Waals surface area contributed by atoms with Crippen LogP contribution in [0.5, 0.6) is 0 Å². The summed E-state index contributed by atoms with van der Waals surface area (Å²) in [5.74, 6) is -0.510. The Bertz CT molecular complexity index is 579. The minimum Gasteiger partial charge on any atom is -0.366 e. The Balaban J connectivity index is 2.33. The van der Waals surface area contributed by atoms with E-state index in [1.165, 1.54) is 12.4 Å². The Morgan fingerprint density at radius 2 is 2.24 bits per heavy atom. The van der Waals surface area contributed by atoms with Gasteiger partial charge in [0.1, 0.15) is 6.33 Å². The molecule has 0 spiro atoms. The third kappa shape index (κ3) is 2.64. The topological polar surface area (TPSA) is 94.9 Å². The summed E-state index contributed by atoms with van der Waals surface area (Å²) >= 11 is 0. The molecule has 0 fully saturated rings. The molecule has 1 aromatic heterocycles. The van der Waals surface area contributed by atoms with E-state index in [4.69, 9.17) is 11.5 Å². The smallest absolute Gasteiger partial charge is 0.241 e. The minimum atomic E-state index is -0.510. The first kappa shape index (κ1) is 11.2. The molecule has 0 aliphatic rings. The predicted octanol–water partition coefficient (Wildman–Crippen LogP) is 0.671. The highest BCUT2D eigenvalue weighted by molar-refractivity contribution is 5.86. The number of benzene rings is 1. The molecule has 0 saturated heterocycles. The summed E-state index contributed by atoms with van der Waals surface area (Å²) in [7, 11) is 0. The zero-order valence-corrected chi connectivity index (χ0v) is 9.08. The number of nitrogens with zero attached hydrogens (tertiary/aromatic N) is 2. The lowest BCUT2D eigenvalue weighted by molar-refractivity contribution is -0.113. The number of carbonyl (C=O) groups excluding carboxylic acids is 1. The van der Waals surface area contributed by atoms with Crippen molar-refractivity contribution in [3.63, 3.8) is 0 Å². The number of hydrogen-bond acceptors (Lipinski definition) is 4. The Morgan fingerprint density at radius 1 is 1.41 bits per heavy atom. The molecule has 0 aliphatic carbocycles. The van der Waals surface area contributed by atoms with E-state index >= 15 is 0 Å². The molecule has 1 heterocycles. The number of rotatable bonds is 3. The quantitative estimate of drug-likeness (QED) is 0.755. The number of amides is 1. The Labute approximate surface area is 98.2 Å². The third-order valence-electron chi connectivity index (χ3n) is 2.38. The molecule has 2 aromatic rings. The van der Waals surface area contributed by atoms with Crippen LogP contribution in [-0.2, 0) is 4.79 Å². The van der Waals surface area contributed by atoms with Gasteiger partial charge in [-0.25, -0.2) is 9.97 Å².